The summed E-state index contributed by atoms with van der Waals surface area (Å²) in [6, 6.07) is 7.18. The molecule has 1 aromatic carbocycles. The lowest BCUT2D eigenvalue weighted by molar-refractivity contribution is -0.188. The SMILES string of the molecule is O=C([C@H]1CC(=O)N(c2cccc(Br)c2)C1)N1CCC[C@H](C(F)(F)F)C1. The average molecular weight is 419 g/mol. The maximum atomic E-state index is 12.9. The Bertz CT molecular complexity index is 680. The van der Waals surface area contributed by atoms with E-state index in [9.17, 15) is 22.8 Å². The van der Waals surface area contributed by atoms with E-state index in [0.717, 1.165) is 4.47 Å². The molecule has 0 N–H and O–H groups in total. The molecule has 2 aliphatic heterocycles. The molecule has 2 aliphatic rings. The van der Waals surface area contributed by atoms with Gasteiger partial charge < -0.3 is 9.80 Å². The van der Waals surface area contributed by atoms with Crippen molar-refractivity contribution in [3.8, 4) is 0 Å². The van der Waals surface area contributed by atoms with Gasteiger partial charge in [0.1, 0.15) is 0 Å². The first kappa shape index (κ1) is 18.2. The molecular weight excluding hydrogens is 401 g/mol. The lowest BCUT2D eigenvalue weighted by atomic mass is 9.96. The first-order valence-corrected chi connectivity index (χ1v) is 8.96. The van der Waals surface area contributed by atoms with Gasteiger partial charge in [-0.2, -0.15) is 13.2 Å². The Balaban J connectivity index is 1.68. The normalized spacial score (nSPS) is 24.7. The van der Waals surface area contributed by atoms with Crippen LogP contribution in [0, 0.1) is 11.8 Å². The topological polar surface area (TPSA) is 40.6 Å². The number of hydrogen-bond donors (Lipinski definition) is 0. The first-order valence-electron chi connectivity index (χ1n) is 8.17. The smallest absolute Gasteiger partial charge is 0.342 e. The molecule has 0 saturated carbocycles. The van der Waals surface area contributed by atoms with E-state index in [1.165, 1.54) is 9.80 Å². The summed E-state index contributed by atoms with van der Waals surface area (Å²) in [6.07, 6.45) is -3.85. The molecule has 0 radical (unpaired) electrons. The number of carbonyl (C=O) groups excluding carboxylic acids is 2. The van der Waals surface area contributed by atoms with E-state index in [1.54, 1.807) is 18.2 Å². The molecule has 2 fully saturated rings. The van der Waals surface area contributed by atoms with Crippen LogP contribution in [0.1, 0.15) is 19.3 Å². The zero-order valence-corrected chi connectivity index (χ0v) is 15.0. The standard InChI is InChI=1S/C17H18BrF3N2O2/c18-13-4-1-5-14(8-13)23-9-11(7-15(23)24)16(25)22-6-2-3-12(10-22)17(19,20)21/h1,4-5,8,11-12H,2-3,6-7,9-10H2/t11-,12-/m0/s1. The zero-order chi connectivity index (χ0) is 18.2. The van der Waals surface area contributed by atoms with Gasteiger partial charge in [0.05, 0.1) is 11.8 Å². The Hall–Kier alpha value is -1.57. The molecule has 0 bridgehead atoms. The Labute approximate surface area is 152 Å². The lowest BCUT2D eigenvalue weighted by Gasteiger charge is -2.35. The van der Waals surface area contributed by atoms with Gasteiger partial charge in [0.2, 0.25) is 11.8 Å². The van der Waals surface area contributed by atoms with E-state index in [1.807, 2.05) is 6.07 Å². The Kier molecular flexibility index (Phi) is 5.09. The highest BCUT2D eigenvalue weighted by molar-refractivity contribution is 9.10. The van der Waals surface area contributed by atoms with E-state index in [2.05, 4.69) is 15.9 Å². The van der Waals surface area contributed by atoms with Gasteiger partial charge >= 0.3 is 6.18 Å². The predicted octanol–water partition coefficient (Wildman–Crippen LogP) is 3.60. The third kappa shape index (κ3) is 3.99. The highest BCUT2D eigenvalue weighted by Crippen LogP contribution is 2.34. The van der Waals surface area contributed by atoms with Crippen molar-refractivity contribution in [2.24, 2.45) is 11.8 Å². The highest BCUT2D eigenvalue weighted by atomic mass is 79.9. The molecule has 25 heavy (non-hydrogen) atoms. The third-order valence-corrected chi connectivity index (χ3v) is 5.28. The van der Waals surface area contributed by atoms with Crippen LogP contribution in [0.4, 0.5) is 18.9 Å². The lowest BCUT2D eigenvalue weighted by Crippen LogP contribution is -2.47. The van der Waals surface area contributed by atoms with Gasteiger partial charge in [-0.3, -0.25) is 9.59 Å². The molecular formula is C17H18BrF3N2O2. The summed E-state index contributed by atoms with van der Waals surface area (Å²) in [5.74, 6) is -2.58. The number of hydrogen-bond acceptors (Lipinski definition) is 2. The second kappa shape index (κ2) is 6.97. The van der Waals surface area contributed by atoms with Crippen molar-refractivity contribution < 1.29 is 22.8 Å². The van der Waals surface area contributed by atoms with E-state index < -0.39 is 18.0 Å². The maximum absolute atomic E-state index is 12.9. The van der Waals surface area contributed by atoms with Crippen molar-refractivity contribution in [1.29, 1.82) is 0 Å². The summed E-state index contributed by atoms with van der Waals surface area (Å²) in [5.41, 5.74) is 0.682. The molecule has 4 nitrogen and oxygen atoms in total. The van der Waals surface area contributed by atoms with Crippen LogP contribution in [0.2, 0.25) is 0 Å². The maximum Gasteiger partial charge on any atom is 0.393 e. The number of nitrogens with zero attached hydrogens (tertiary/aromatic N) is 2. The van der Waals surface area contributed by atoms with Crippen LogP contribution in [-0.4, -0.2) is 42.5 Å². The number of likely N-dealkylation sites (tertiary alicyclic amines) is 1. The summed E-state index contributed by atoms with van der Waals surface area (Å²) in [4.78, 5) is 27.7. The molecule has 136 valence electrons. The van der Waals surface area contributed by atoms with Crippen molar-refractivity contribution in [3.05, 3.63) is 28.7 Å². The molecule has 2 amide bonds. The van der Waals surface area contributed by atoms with Gasteiger partial charge in [0.25, 0.3) is 0 Å². The number of halogens is 4. The van der Waals surface area contributed by atoms with Gasteiger partial charge in [-0.05, 0) is 31.0 Å². The highest BCUT2D eigenvalue weighted by Gasteiger charge is 2.44. The van der Waals surface area contributed by atoms with Crippen LogP contribution in [-0.2, 0) is 9.59 Å². The van der Waals surface area contributed by atoms with Crippen molar-refractivity contribution in [2.45, 2.75) is 25.4 Å². The minimum Gasteiger partial charge on any atom is -0.342 e. The first-order chi connectivity index (χ1) is 11.8. The molecule has 3 rings (SSSR count). The van der Waals surface area contributed by atoms with Gasteiger partial charge in [-0.15, -0.1) is 0 Å². The predicted molar refractivity (Wildman–Crippen MR) is 90.0 cm³/mol. The number of alkyl halides is 3. The number of anilines is 1. The van der Waals surface area contributed by atoms with Crippen LogP contribution in [0.15, 0.2) is 28.7 Å². The average Bonchev–Trinajstić information content (AvgIpc) is 2.95. The quantitative estimate of drug-likeness (QED) is 0.735. The molecule has 1 aromatic rings. The molecule has 8 heteroatoms. The summed E-state index contributed by atoms with van der Waals surface area (Å²) >= 11 is 3.34. The van der Waals surface area contributed by atoms with E-state index in [4.69, 9.17) is 0 Å². The largest absolute Gasteiger partial charge is 0.393 e. The summed E-state index contributed by atoms with van der Waals surface area (Å²) in [7, 11) is 0. The fourth-order valence-electron chi connectivity index (χ4n) is 3.47. The van der Waals surface area contributed by atoms with Crippen LogP contribution < -0.4 is 4.90 Å². The minimum atomic E-state index is -4.28. The molecule has 2 saturated heterocycles. The number of benzene rings is 1. The fraction of sp³-hybridized carbons (Fsp3) is 0.529. The fourth-order valence-corrected chi connectivity index (χ4v) is 3.86. The molecule has 2 atom stereocenters. The monoisotopic (exact) mass is 418 g/mol. The molecule has 0 unspecified atom stereocenters. The second-order valence-corrected chi connectivity index (χ2v) is 7.47. The number of rotatable bonds is 2. The van der Waals surface area contributed by atoms with Crippen LogP contribution in [0.3, 0.4) is 0 Å². The van der Waals surface area contributed by atoms with E-state index >= 15 is 0 Å². The van der Waals surface area contributed by atoms with Gasteiger partial charge in [0.15, 0.2) is 0 Å². The van der Waals surface area contributed by atoms with Gasteiger partial charge in [-0.1, -0.05) is 22.0 Å². The summed E-state index contributed by atoms with van der Waals surface area (Å²) < 4.78 is 39.6. The van der Waals surface area contributed by atoms with Crippen LogP contribution >= 0.6 is 15.9 Å². The number of piperidine rings is 1. The van der Waals surface area contributed by atoms with Gasteiger partial charge in [-0.25, -0.2) is 0 Å². The zero-order valence-electron chi connectivity index (χ0n) is 13.4. The summed E-state index contributed by atoms with van der Waals surface area (Å²) in [6.45, 7) is 0.234. The van der Waals surface area contributed by atoms with Crippen molar-refractivity contribution >= 4 is 33.4 Å². The molecule has 0 spiro atoms. The van der Waals surface area contributed by atoms with E-state index in [0.29, 0.717) is 18.7 Å². The van der Waals surface area contributed by atoms with Crippen molar-refractivity contribution in [3.63, 3.8) is 0 Å². The van der Waals surface area contributed by atoms with E-state index in [-0.39, 0.29) is 37.7 Å². The van der Waals surface area contributed by atoms with Crippen molar-refractivity contribution in [2.75, 3.05) is 24.5 Å². The van der Waals surface area contributed by atoms with Crippen LogP contribution in [0.5, 0.6) is 0 Å². The Morgan fingerprint density at radius 2 is 2.00 bits per heavy atom. The summed E-state index contributed by atoms with van der Waals surface area (Å²) in [5, 5.41) is 0. The van der Waals surface area contributed by atoms with Crippen molar-refractivity contribution in [1.82, 2.24) is 4.90 Å². The minimum absolute atomic E-state index is 0.0402. The Morgan fingerprint density at radius 1 is 1.24 bits per heavy atom. The molecule has 0 aliphatic carbocycles. The number of carbonyl (C=O) groups is 2. The molecule has 2 heterocycles. The third-order valence-electron chi connectivity index (χ3n) is 4.79. The van der Waals surface area contributed by atoms with Crippen LogP contribution in [0.25, 0.3) is 0 Å². The Morgan fingerprint density at radius 3 is 2.68 bits per heavy atom. The van der Waals surface area contributed by atoms with Gasteiger partial charge in [0, 0.05) is 36.2 Å². The second-order valence-electron chi connectivity index (χ2n) is 6.55. The number of amides is 2. The molecule has 0 aromatic heterocycles.